The Bertz CT molecular complexity index is 140. The van der Waals surface area contributed by atoms with E-state index in [0.29, 0.717) is 6.61 Å². The highest BCUT2D eigenvalue weighted by Crippen LogP contribution is 1.89. The maximum atomic E-state index is 11.3. The van der Waals surface area contributed by atoms with Crippen molar-refractivity contribution in [1.29, 1.82) is 0 Å². The Balaban J connectivity index is 3.45. The van der Waals surface area contributed by atoms with Crippen LogP contribution in [0, 0.1) is 0 Å². The van der Waals surface area contributed by atoms with Gasteiger partial charge in [-0.05, 0) is 26.9 Å². The Kier molecular flexibility index (Phi) is 7.63. The molecule has 0 aliphatic rings. The highest BCUT2D eigenvalue weighted by molar-refractivity contribution is 5.77. The minimum absolute atomic E-state index is 0.0537. The van der Waals surface area contributed by atoms with Gasteiger partial charge >= 0.3 is 0 Å². The Morgan fingerprint density at radius 2 is 2.23 bits per heavy atom. The molecule has 0 atom stereocenters. The van der Waals surface area contributed by atoms with Gasteiger partial charge in [0.05, 0.1) is 0 Å². The zero-order valence-electron chi connectivity index (χ0n) is 8.80. The Morgan fingerprint density at radius 1 is 1.54 bits per heavy atom. The molecule has 0 aliphatic heterocycles. The van der Waals surface area contributed by atoms with Crippen molar-refractivity contribution in [2.45, 2.75) is 13.3 Å². The van der Waals surface area contributed by atoms with Gasteiger partial charge < -0.3 is 15.0 Å². The standard InChI is InChI=1S/C9H20N2O2/c1-4-13-8-9(12)11(3)7-5-6-10-2/h10H,4-8H2,1-3H3. The van der Waals surface area contributed by atoms with Crippen molar-refractivity contribution in [3.8, 4) is 0 Å². The zero-order chi connectivity index (χ0) is 10.1. The first-order chi connectivity index (χ1) is 6.22. The second-order valence-corrected chi connectivity index (χ2v) is 2.91. The molecule has 1 N–H and O–H groups in total. The van der Waals surface area contributed by atoms with E-state index >= 15 is 0 Å². The molecule has 78 valence electrons. The van der Waals surface area contributed by atoms with Crippen molar-refractivity contribution in [2.24, 2.45) is 0 Å². The molecule has 0 fully saturated rings. The van der Waals surface area contributed by atoms with Crippen LogP contribution in [0.15, 0.2) is 0 Å². The minimum Gasteiger partial charge on any atom is -0.372 e. The number of ether oxygens (including phenoxy) is 1. The molecular formula is C9H20N2O2. The van der Waals surface area contributed by atoms with Gasteiger partial charge in [0.25, 0.3) is 0 Å². The third kappa shape index (κ3) is 6.54. The molecule has 0 saturated heterocycles. The molecule has 13 heavy (non-hydrogen) atoms. The number of amides is 1. The molecule has 0 aromatic heterocycles. The lowest BCUT2D eigenvalue weighted by atomic mass is 10.4. The number of carbonyl (C=O) groups excluding carboxylic acids is 1. The first-order valence-electron chi connectivity index (χ1n) is 4.68. The van der Waals surface area contributed by atoms with E-state index in [4.69, 9.17) is 4.74 Å². The van der Waals surface area contributed by atoms with Crippen molar-refractivity contribution in [3.05, 3.63) is 0 Å². The summed E-state index contributed by atoms with van der Waals surface area (Å²) in [6.45, 7) is 4.40. The molecule has 0 radical (unpaired) electrons. The average molecular weight is 188 g/mol. The average Bonchev–Trinajstić information content (AvgIpc) is 2.14. The number of hydrogen-bond donors (Lipinski definition) is 1. The van der Waals surface area contributed by atoms with Gasteiger partial charge in [0, 0.05) is 20.2 Å². The highest BCUT2D eigenvalue weighted by atomic mass is 16.5. The van der Waals surface area contributed by atoms with Gasteiger partial charge in [0.2, 0.25) is 5.91 Å². The quantitative estimate of drug-likeness (QED) is 0.576. The molecule has 0 aliphatic carbocycles. The molecule has 0 heterocycles. The largest absolute Gasteiger partial charge is 0.372 e. The highest BCUT2D eigenvalue weighted by Gasteiger charge is 2.06. The van der Waals surface area contributed by atoms with Gasteiger partial charge in [0.15, 0.2) is 0 Å². The lowest BCUT2D eigenvalue weighted by molar-refractivity contribution is -0.134. The maximum Gasteiger partial charge on any atom is 0.248 e. The molecule has 0 bridgehead atoms. The van der Waals surface area contributed by atoms with Crippen LogP contribution in [0.5, 0.6) is 0 Å². The van der Waals surface area contributed by atoms with Crippen LogP contribution in [0.25, 0.3) is 0 Å². The number of hydrogen-bond acceptors (Lipinski definition) is 3. The van der Waals surface area contributed by atoms with Crippen molar-refractivity contribution >= 4 is 5.91 Å². The molecule has 0 aromatic carbocycles. The molecule has 1 amide bonds. The van der Waals surface area contributed by atoms with E-state index in [1.807, 2.05) is 14.0 Å². The zero-order valence-corrected chi connectivity index (χ0v) is 8.80. The normalized spacial score (nSPS) is 10.1. The minimum atomic E-state index is 0.0537. The van der Waals surface area contributed by atoms with Crippen LogP contribution >= 0.6 is 0 Å². The van der Waals surface area contributed by atoms with Gasteiger partial charge in [-0.25, -0.2) is 0 Å². The van der Waals surface area contributed by atoms with Gasteiger partial charge in [0.1, 0.15) is 6.61 Å². The van der Waals surface area contributed by atoms with E-state index in [1.54, 1.807) is 11.9 Å². The van der Waals surface area contributed by atoms with Crippen LogP contribution in [0.1, 0.15) is 13.3 Å². The van der Waals surface area contributed by atoms with Crippen molar-refractivity contribution in [3.63, 3.8) is 0 Å². The summed E-state index contributed by atoms with van der Waals surface area (Å²) in [5.41, 5.74) is 0. The van der Waals surface area contributed by atoms with Crippen molar-refractivity contribution in [1.82, 2.24) is 10.2 Å². The lowest BCUT2D eigenvalue weighted by Gasteiger charge is -2.16. The number of nitrogens with zero attached hydrogens (tertiary/aromatic N) is 1. The maximum absolute atomic E-state index is 11.3. The molecular weight excluding hydrogens is 168 g/mol. The molecule has 4 heteroatoms. The van der Waals surface area contributed by atoms with Gasteiger partial charge in [-0.2, -0.15) is 0 Å². The van der Waals surface area contributed by atoms with E-state index in [1.165, 1.54) is 0 Å². The molecule has 0 spiro atoms. The number of carbonyl (C=O) groups is 1. The van der Waals surface area contributed by atoms with Crippen LogP contribution in [0.2, 0.25) is 0 Å². The van der Waals surface area contributed by atoms with Crippen LogP contribution in [-0.4, -0.2) is 51.2 Å². The van der Waals surface area contributed by atoms with Crippen LogP contribution in [0.4, 0.5) is 0 Å². The van der Waals surface area contributed by atoms with E-state index in [-0.39, 0.29) is 12.5 Å². The van der Waals surface area contributed by atoms with Crippen LogP contribution < -0.4 is 5.32 Å². The summed E-state index contributed by atoms with van der Waals surface area (Å²) in [5, 5.41) is 3.04. The van der Waals surface area contributed by atoms with Crippen molar-refractivity contribution in [2.75, 3.05) is 40.4 Å². The van der Waals surface area contributed by atoms with E-state index in [2.05, 4.69) is 5.32 Å². The van der Waals surface area contributed by atoms with Crippen LogP contribution in [0.3, 0.4) is 0 Å². The summed E-state index contributed by atoms with van der Waals surface area (Å²) in [5.74, 6) is 0.0537. The molecule has 0 aromatic rings. The summed E-state index contributed by atoms with van der Waals surface area (Å²) in [6.07, 6.45) is 0.977. The van der Waals surface area contributed by atoms with Gasteiger partial charge in [-0.1, -0.05) is 0 Å². The summed E-state index contributed by atoms with van der Waals surface area (Å²) >= 11 is 0. The SMILES string of the molecule is CCOCC(=O)N(C)CCCNC. The second kappa shape index (κ2) is 8.01. The fourth-order valence-electron chi connectivity index (χ4n) is 0.917. The predicted octanol–water partition coefficient (Wildman–Crippen LogP) is 0.0908. The third-order valence-electron chi connectivity index (χ3n) is 1.78. The number of likely N-dealkylation sites (N-methyl/N-ethyl adjacent to an activating group) is 1. The summed E-state index contributed by atoms with van der Waals surface area (Å²) < 4.78 is 5.02. The second-order valence-electron chi connectivity index (χ2n) is 2.91. The lowest BCUT2D eigenvalue weighted by Crippen LogP contribution is -2.32. The number of nitrogens with one attached hydrogen (secondary N) is 1. The summed E-state index contributed by atoms with van der Waals surface area (Å²) in [4.78, 5) is 13.0. The Hall–Kier alpha value is -0.610. The molecule has 0 saturated carbocycles. The summed E-state index contributed by atoms with van der Waals surface area (Å²) in [7, 11) is 3.71. The first kappa shape index (κ1) is 12.4. The van der Waals surface area contributed by atoms with Gasteiger partial charge in [-0.3, -0.25) is 4.79 Å². The smallest absolute Gasteiger partial charge is 0.248 e. The van der Waals surface area contributed by atoms with E-state index in [0.717, 1.165) is 19.5 Å². The topological polar surface area (TPSA) is 41.6 Å². The molecule has 0 rings (SSSR count). The first-order valence-corrected chi connectivity index (χ1v) is 4.68. The molecule has 0 unspecified atom stereocenters. The summed E-state index contributed by atoms with van der Waals surface area (Å²) in [6, 6.07) is 0. The fraction of sp³-hybridized carbons (Fsp3) is 0.889. The third-order valence-corrected chi connectivity index (χ3v) is 1.78. The van der Waals surface area contributed by atoms with Gasteiger partial charge in [-0.15, -0.1) is 0 Å². The predicted molar refractivity (Wildman–Crippen MR) is 52.7 cm³/mol. The Morgan fingerprint density at radius 3 is 2.77 bits per heavy atom. The fourth-order valence-corrected chi connectivity index (χ4v) is 0.917. The van der Waals surface area contributed by atoms with Crippen molar-refractivity contribution < 1.29 is 9.53 Å². The monoisotopic (exact) mass is 188 g/mol. The molecule has 4 nitrogen and oxygen atoms in total. The number of rotatable bonds is 7. The Labute approximate surface area is 80.2 Å². The van der Waals surface area contributed by atoms with E-state index < -0.39 is 0 Å². The van der Waals surface area contributed by atoms with Crippen LogP contribution in [-0.2, 0) is 9.53 Å². The van der Waals surface area contributed by atoms with E-state index in [9.17, 15) is 4.79 Å².